The van der Waals surface area contributed by atoms with Gasteiger partial charge in [-0.3, -0.25) is 0 Å². The van der Waals surface area contributed by atoms with Crippen molar-refractivity contribution in [2.75, 3.05) is 14.1 Å². The SMILES string of the molecule is CN(C)C(c1cc[nH]c1)C1(N)CC1. The Kier molecular flexibility index (Phi) is 1.93. The van der Waals surface area contributed by atoms with Crippen molar-refractivity contribution in [2.24, 2.45) is 5.73 Å². The number of aromatic amines is 1. The molecule has 3 N–H and O–H groups in total. The third-order valence-corrected chi connectivity index (χ3v) is 2.83. The molecule has 72 valence electrons. The second kappa shape index (κ2) is 2.86. The van der Waals surface area contributed by atoms with Gasteiger partial charge in [0.2, 0.25) is 0 Å². The third-order valence-electron chi connectivity index (χ3n) is 2.83. The summed E-state index contributed by atoms with van der Waals surface area (Å²) < 4.78 is 0. The normalized spacial score (nSPS) is 21.8. The fourth-order valence-corrected chi connectivity index (χ4v) is 2.07. The lowest BCUT2D eigenvalue weighted by Crippen LogP contribution is -2.39. The molecule has 1 aliphatic rings. The molecule has 0 saturated heterocycles. The van der Waals surface area contributed by atoms with Gasteiger partial charge in [0.05, 0.1) is 6.04 Å². The third kappa shape index (κ3) is 1.49. The van der Waals surface area contributed by atoms with E-state index in [0.717, 1.165) is 12.8 Å². The summed E-state index contributed by atoms with van der Waals surface area (Å²) in [5.74, 6) is 0. The number of aromatic nitrogens is 1. The number of H-pyrrole nitrogens is 1. The van der Waals surface area contributed by atoms with Gasteiger partial charge in [-0.2, -0.15) is 0 Å². The summed E-state index contributed by atoms with van der Waals surface area (Å²) in [6.45, 7) is 0. The van der Waals surface area contributed by atoms with Gasteiger partial charge in [-0.1, -0.05) is 0 Å². The van der Waals surface area contributed by atoms with Gasteiger partial charge in [-0.25, -0.2) is 0 Å². The molecule has 1 heterocycles. The second-order valence-electron chi connectivity index (χ2n) is 4.24. The number of nitrogens with two attached hydrogens (primary N) is 1. The predicted molar refractivity (Wildman–Crippen MR) is 53.4 cm³/mol. The molecule has 1 atom stereocenters. The van der Waals surface area contributed by atoms with E-state index in [1.807, 2.05) is 12.4 Å². The topological polar surface area (TPSA) is 45.0 Å². The van der Waals surface area contributed by atoms with Crippen molar-refractivity contribution < 1.29 is 0 Å². The van der Waals surface area contributed by atoms with E-state index in [0.29, 0.717) is 6.04 Å². The fourth-order valence-electron chi connectivity index (χ4n) is 2.07. The first-order valence-corrected chi connectivity index (χ1v) is 4.71. The predicted octanol–water partition coefficient (Wildman–Crippen LogP) is 1.11. The molecular weight excluding hydrogens is 162 g/mol. The number of nitrogens with zero attached hydrogens (tertiary/aromatic N) is 1. The highest BCUT2D eigenvalue weighted by Gasteiger charge is 2.47. The summed E-state index contributed by atoms with van der Waals surface area (Å²) in [6.07, 6.45) is 6.28. The van der Waals surface area contributed by atoms with E-state index in [9.17, 15) is 0 Å². The highest BCUT2D eigenvalue weighted by molar-refractivity contribution is 5.23. The minimum Gasteiger partial charge on any atom is -0.367 e. The van der Waals surface area contributed by atoms with Crippen LogP contribution in [-0.4, -0.2) is 29.5 Å². The molecule has 1 aliphatic carbocycles. The first-order chi connectivity index (χ1) is 6.13. The smallest absolute Gasteiger partial charge is 0.0537 e. The van der Waals surface area contributed by atoms with Crippen LogP contribution in [0.1, 0.15) is 24.4 Å². The minimum absolute atomic E-state index is 0.0195. The highest BCUT2D eigenvalue weighted by Crippen LogP contribution is 2.45. The maximum atomic E-state index is 6.23. The summed E-state index contributed by atoms with van der Waals surface area (Å²) in [5.41, 5.74) is 7.54. The zero-order chi connectivity index (χ0) is 9.47. The van der Waals surface area contributed by atoms with Crippen molar-refractivity contribution in [3.63, 3.8) is 0 Å². The molecular formula is C10H17N3. The molecule has 0 aliphatic heterocycles. The van der Waals surface area contributed by atoms with Crippen molar-refractivity contribution in [1.29, 1.82) is 0 Å². The van der Waals surface area contributed by atoms with Crippen LogP contribution in [0.15, 0.2) is 18.5 Å². The van der Waals surface area contributed by atoms with Crippen molar-refractivity contribution in [1.82, 2.24) is 9.88 Å². The van der Waals surface area contributed by atoms with Gasteiger partial charge in [-0.15, -0.1) is 0 Å². The second-order valence-corrected chi connectivity index (χ2v) is 4.24. The number of likely N-dealkylation sites (N-methyl/N-ethyl adjacent to an activating group) is 1. The van der Waals surface area contributed by atoms with Crippen LogP contribution in [0.25, 0.3) is 0 Å². The molecule has 1 saturated carbocycles. The van der Waals surface area contributed by atoms with E-state index < -0.39 is 0 Å². The zero-order valence-corrected chi connectivity index (χ0v) is 8.25. The molecule has 1 aromatic heterocycles. The average molecular weight is 179 g/mol. The van der Waals surface area contributed by atoms with Crippen LogP contribution < -0.4 is 5.73 Å². The quantitative estimate of drug-likeness (QED) is 0.730. The summed E-state index contributed by atoms with van der Waals surface area (Å²) >= 11 is 0. The summed E-state index contributed by atoms with van der Waals surface area (Å²) in [6, 6.07) is 2.47. The maximum Gasteiger partial charge on any atom is 0.0537 e. The van der Waals surface area contributed by atoms with E-state index in [2.05, 4.69) is 30.0 Å². The zero-order valence-electron chi connectivity index (χ0n) is 8.25. The molecule has 0 aromatic carbocycles. The Bertz CT molecular complexity index is 272. The largest absolute Gasteiger partial charge is 0.367 e. The molecule has 2 rings (SSSR count). The average Bonchev–Trinajstić information content (AvgIpc) is 2.62. The lowest BCUT2D eigenvalue weighted by molar-refractivity contribution is 0.246. The van der Waals surface area contributed by atoms with Gasteiger partial charge >= 0.3 is 0 Å². The van der Waals surface area contributed by atoms with Crippen LogP contribution in [0.2, 0.25) is 0 Å². The summed E-state index contributed by atoms with van der Waals surface area (Å²) in [7, 11) is 4.18. The van der Waals surface area contributed by atoms with Crippen molar-refractivity contribution in [3.05, 3.63) is 24.0 Å². The van der Waals surface area contributed by atoms with Crippen LogP contribution in [0.3, 0.4) is 0 Å². The Morgan fingerprint density at radius 2 is 2.23 bits per heavy atom. The van der Waals surface area contributed by atoms with Gasteiger partial charge in [0.15, 0.2) is 0 Å². The van der Waals surface area contributed by atoms with E-state index in [1.165, 1.54) is 5.56 Å². The Morgan fingerprint density at radius 3 is 2.62 bits per heavy atom. The summed E-state index contributed by atoms with van der Waals surface area (Å²) in [4.78, 5) is 5.29. The molecule has 1 unspecified atom stereocenters. The minimum atomic E-state index is 0.0195. The van der Waals surface area contributed by atoms with Crippen molar-refractivity contribution in [3.8, 4) is 0 Å². The van der Waals surface area contributed by atoms with Crippen molar-refractivity contribution >= 4 is 0 Å². The monoisotopic (exact) mass is 179 g/mol. The molecule has 3 heteroatoms. The number of nitrogens with one attached hydrogen (secondary N) is 1. The molecule has 0 radical (unpaired) electrons. The van der Waals surface area contributed by atoms with Gasteiger partial charge in [0, 0.05) is 17.9 Å². The fraction of sp³-hybridized carbons (Fsp3) is 0.600. The Labute approximate surface area is 78.9 Å². The van der Waals surface area contributed by atoms with E-state index in [-0.39, 0.29) is 5.54 Å². The van der Waals surface area contributed by atoms with Crippen molar-refractivity contribution in [2.45, 2.75) is 24.4 Å². The van der Waals surface area contributed by atoms with Crippen LogP contribution in [-0.2, 0) is 0 Å². The van der Waals surface area contributed by atoms with Crippen LogP contribution in [0, 0.1) is 0 Å². The van der Waals surface area contributed by atoms with E-state index in [1.54, 1.807) is 0 Å². The summed E-state index contributed by atoms with van der Waals surface area (Å²) in [5, 5.41) is 0. The van der Waals surface area contributed by atoms with Gasteiger partial charge in [0.25, 0.3) is 0 Å². The lowest BCUT2D eigenvalue weighted by atomic mass is 10.00. The molecule has 0 spiro atoms. The molecule has 3 nitrogen and oxygen atoms in total. The van der Waals surface area contributed by atoms with Gasteiger partial charge in [0.1, 0.15) is 0 Å². The van der Waals surface area contributed by atoms with E-state index in [4.69, 9.17) is 5.73 Å². The van der Waals surface area contributed by atoms with E-state index >= 15 is 0 Å². The first kappa shape index (κ1) is 8.78. The lowest BCUT2D eigenvalue weighted by Gasteiger charge is -2.29. The molecule has 0 bridgehead atoms. The van der Waals surface area contributed by atoms with Gasteiger partial charge < -0.3 is 15.6 Å². The Morgan fingerprint density at radius 1 is 1.54 bits per heavy atom. The van der Waals surface area contributed by atoms with Gasteiger partial charge in [-0.05, 0) is 38.6 Å². The standard InChI is InChI=1S/C10H17N3/c1-13(2)9(10(11)4-5-10)8-3-6-12-7-8/h3,6-7,9,12H,4-5,11H2,1-2H3. The number of hydrogen-bond donors (Lipinski definition) is 2. The van der Waals surface area contributed by atoms with Crippen LogP contribution in [0.4, 0.5) is 0 Å². The van der Waals surface area contributed by atoms with Crippen LogP contribution in [0.5, 0.6) is 0 Å². The Hall–Kier alpha value is -0.800. The number of rotatable bonds is 3. The number of hydrogen-bond acceptors (Lipinski definition) is 2. The molecule has 1 fully saturated rings. The highest BCUT2D eigenvalue weighted by atomic mass is 15.2. The molecule has 0 amide bonds. The first-order valence-electron chi connectivity index (χ1n) is 4.71. The molecule has 1 aromatic rings. The van der Waals surface area contributed by atoms with Crippen LogP contribution >= 0.6 is 0 Å². The Balaban J connectivity index is 2.25. The maximum absolute atomic E-state index is 6.23. The molecule has 13 heavy (non-hydrogen) atoms.